The maximum atomic E-state index is 10.9. The molecule has 3 nitrogen and oxygen atoms in total. The van der Waals surface area contributed by atoms with Crippen LogP contribution in [0.15, 0.2) is 0 Å². The summed E-state index contributed by atoms with van der Waals surface area (Å²) in [6.45, 7) is 0.435. The second-order valence-electron chi connectivity index (χ2n) is 3.05. The van der Waals surface area contributed by atoms with E-state index in [1.54, 1.807) is 0 Å². The lowest BCUT2D eigenvalue weighted by Gasteiger charge is -2.06. The third-order valence-electron chi connectivity index (χ3n) is 2.51. The first kappa shape index (κ1) is 6.16. The van der Waals surface area contributed by atoms with Crippen molar-refractivity contribution in [1.29, 1.82) is 0 Å². The Bertz CT molecular complexity index is 166. The van der Waals surface area contributed by atoms with E-state index < -0.39 is 0 Å². The van der Waals surface area contributed by atoms with E-state index in [1.807, 2.05) is 0 Å². The van der Waals surface area contributed by atoms with Crippen molar-refractivity contribution in [2.75, 3.05) is 6.61 Å². The van der Waals surface area contributed by atoms with E-state index in [0.717, 1.165) is 12.8 Å². The Morgan fingerprint density at radius 2 is 2.30 bits per heavy atom. The predicted octanol–water partition coefficient (Wildman–Crippen LogP) is -0.0697. The topological polar surface area (TPSA) is 46.5 Å². The SMILES string of the molecule is O=C1OC[C@H]2C(O)CC[C@@H]12. The molecule has 1 N–H and O–H groups in total. The summed E-state index contributed by atoms with van der Waals surface area (Å²) in [7, 11) is 0. The Balaban J connectivity index is 2.16. The van der Waals surface area contributed by atoms with E-state index in [9.17, 15) is 9.90 Å². The second kappa shape index (κ2) is 1.95. The van der Waals surface area contributed by atoms with Gasteiger partial charge in [-0.3, -0.25) is 4.79 Å². The highest BCUT2D eigenvalue weighted by molar-refractivity contribution is 5.75. The van der Waals surface area contributed by atoms with Crippen LogP contribution < -0.4 is 0 Å². The number of ether oxygens (including phenoxy) is 1. The first-order valence-corrected chi connectivity index (χ1v) is 3.64. The summed E-state index contributed by atoms with van der Waals surface area (Å²) in [5.74, 6) is 0.00375. The quantitative estimate of drug-likeness (QED) is 0.481. The van der Waals surface area contributed by atoms with Crippen molar-refractivity contribution in [2.45, 2.75) is 18.9 Å². The molecule has 1 aliphatic carbocycles. The monoisotopic (exact) mass is 142 g/mol. The summed E-state index contributed by atoms with van der Waals surface area (Å²) < 4.78 is 4.79. The smallest absolute Gasteiger partial charge is 0.309 e. The number of fused-ring (bicyclic) bond motifs is 1. The van der Waals surface area contributed by atoms with Gasteiger partial charge in [-0.15, -0.1) is 0 Å². The minimum atomic E-state index is -0.295. The van der Waals surface area contributed by atoms with Gasteiger partial charge in [-0.05, 0) is 12.8 Å². The van der Waals surface area contributed by atoms with Gasteiger partial charge in [0, 0.05) is 5.92 Å². The van der Waals surface area contributed by atoms with Crippen LogP contribution in [0.5, 0.6) is 0 Å². The third-order valence-corrected chi connectivity index (χ3v) is 2.51. The number of carbonyl (C=O) groups excluding carboxylic acids is 1. The van der Waals surface area contributed by atoms with Crippen LogP contribution in [0.3, 0.4) is 0 Å². The molecule has 0 bridgehead atoms. The molecule has 1 unspecified atom stereocenters. The van der Waals surface area contributed by atoms with Gasteiger partial charge >= 0.3 is 5.97 Å². The molecule has 1 heterocycles. The zero-order chi connectivity index (χ0) is 7.14. The number of esters is 1. The Morgan fingerprint density at radius 1 is 1.50 bits per heavy atom. The maximum Gasteiger partial charge on any atom is 0.309 e. The zero-order valence-corrected chi connectivity index (χ0v) is 5.62. The fourth-order valence-electron chi connectivity index (χ4n) is 1.85. The van der Waals surface area contributed by atoms with Crippen LogP contribution in [-0.2, 0) is 9.53 Å². The Morgan fingerprint density at radius 3 is 3.00 bits per heavy atom. The standard InChI is InChI=1S/C7H10O3/c8-6-2-1-4-5(6)3-10-7(4)9/h4-6,8H,1-3H2/t4-,5-,6?/m1/s1. The summed E-state index contributed by atoms with van der Waals surface area (Å²) in [6, 6.07) is 0. The molecule has 0 aromatic carbocycles. The lowest BCUT2D eigenvalue weighted by Crippen LogP contribution is -2.18. The number of hydrogen-bond acceptors (Lipinski definition) is 3. The van der Waals surface area contributed by atoms with Gasteiger partial charge in [0.2, 0.25) is 0 Å². The maximum absolute atomic E-state index is 10.9. The molecule has 56 valence electrons. The van der Waals surface area contributed by atoms with Crippen LogP contribution >= 0.6 is 0 Å². The Kier molecular flexibility index (Phi) is 1.20. The van der Waals surface area contributed by atoms with E-state index in [-0.39, 0.29) is 23.9 Å². The van der Waals surface area contributed by atoms with Gasteiger partial charge in [0.05, 0.1) is 18.6 Å². The van der Waals surface area contributed by atoms with Crippen molar-refractivity contribution < 1.29 is 14.6 Å². The molecule has 2 rings (SSSR count). The van der Waals surface area contributed by atoms with Crippen molar-refractivity contribution in [1.82, 2.24) is 0 Å². The van der Waals surface area contributed by atoms with Gasteiger partial charge in [0.15, 0.2) is 0 Å². The predicted molar refractivity (Wildman–Crippen MR) is 33.2 cm³/mol. The summed E-state index contributed by atoms with van der Waals surface area (Å²) in [5.41, 5.74) is 0. The van der Waals surface area contributed by atoms with Crippen LogP contribution in [-0.4, -0.2) is 23.8 Å². The summed E-state index contributed by atoms with van der Waals surface area (Å²) in [4.78, 5) is 10.9. The number of cyclic esters (lactones) is 1. The number of aliphatic hydroxyl groups is 1. The minimum absolute atomic E-state index is 0.00926. The van der Waals surface area contributed by atoms with Gasteiger partial charge in [-0.25, -0.2) is 0 Å². The molecule has 2 aliphatic rings. The van der Waals surface area contributed by atoms with Crippen molar-refractivity contribution in [2.24, 2.45) is 11.8 Å². The van der Waals surface area contributed by atoms with Crippen LogP contribution in [0, 0.1) is 11.8 Å². The summed E-state index contributed by atoms with van der Waals surface area (Å²) >= 11 is 0. The van der Waals surface area contributed by atoms with Crippen molar-refractivity contribution in [3.8, 4) is 0 Å². The minimum Gasteiger partial charge on any atom is -0.465 e. The van der Waals surface area contributed by atoms with Crippen LogP contribution in [0.4, 0.5) is 0 Å². The molecule has 0 radical (unpaired) electrons. The van der Waals surface area contributed by atoms with Gasteiger partial charge in [-0.1, -0.05) is 0 Å². The van der Waals surface area contributed by atoms with Crippen LogP contribution in [0.1, 0.15) is 12.8 Å². The third kappa shape index (κ3) is 0.669. The highest BCUT2D eigenvalue weighted by Gasteiger charge is 2.45. The summed E-state index contributed by atoms with van der Waals surface area (Å²) in [6.07, 6.45) is 1.28. The molecule has 0 spiro atoms. The molecular weight excluding hydrogens is 132 g/mol. The number of hydrogen-bond donors (Lipinski definition) is 1. The normalized spacial score (nSPS) is 45.3. The van der Waals surface area contributed by atoms with Gasteiger partial charge in [-0.2, -0.15) is 0 Å². The molecule has 1 saturated heterocycles. The highest BCUT2D eigenvalue weighted by Crippen LogP contribution is 2.37. The highest BCUT2D eigenvalue weighted by atomic mass is 16.5. The van der Waals surface area contributed by atoms with E-state index in [1.165, 1.54) is 0 Å². The van der Waals surface area contributed by atoms with Gasteiger partial charge < -0.3 is 9.84 Å². The molecule has 1 aliphatic heterocycles. The van der Waals surface area contributed by atoms with Crippen molar-refractivity contribution in [3.05, 3.63) is 0 Å². The van der Waals surface area contributed by atoms with E-state index >= 15 is 0 Å². The molecule has 10 heavy (non-hydrogen) atoms. The van der Waals surface area contributed by atoms with Crippen LogP contribution in [0.2, 0.25) is 0 Å². The zero-order valence-electron chi connectivity index (χ0n) is 5.62. The average Bonchev–Trinajstić information content (AvgIpc) is 2.41. The molecule has 1 saturated carbocycles. The van der Waals surface area contributed by atoms with Gasteiger partial charge in [0.1, 0.15) is 0 Å². The Labute approximate surface area is 59.0 Å². The number of carbonyl (C=O) groups is 1. The lowest BCUT2D eigenvalue weighted by atomic mass is 9.99. The van der Waals surface area contributed by atoms with Crippen molar-refractivity contribution >= 4 is 5.97 Å². The second-order valence-corrected chi connectivity index (χ2v) is 3.05. The fourth-order valence-corrected chi connectivity index (χ4v) is 1.85. The number of rotatable bonds is 0. The molecule has 0 amide bonds. The molecular formula is C7H10O3. The van der Waals surface area contributed by atoms with Crippen molar-refractivity contribution in [3.63, 3.8) is 0 Å². The molecule has 0 aromatic heterocycles. The van der Waals surface area contributed by atoms with E-state index in [0.29, 0.717) is 6.61 Å². The first-order valence-electron chi connectivity index (χ1n) is 3.64. The largest absolute Gasteiger partial charge is 0.465 e. The molecule has 3 heteroatoms. The lowest BCUT2D eigenvalue weighted by molar-refractivity contribution is -0.141. The number of aliphatic hydroxyl groups excluding tert-OH is 1. The summed E-state index contributed by atoms with van der Waals surface area (Å²) in [5, 5.41) is 9.28. The van der Waals surface area contributed by atoms with Crippen LogP contribution in [0.25, 0.3) is 0 Å². The van der Waals surface area contributed by atoms with E-state index in [4.69, 9.17) is 4.74 Å². The average molecular weight is 142 g/mol. The first-order chi connectivity index (χ1) is 4.79. The molecule has 2 fully saturated rings. The van der Waals surface area contributed by atoms with Gasteiger partial charge in [0.25, 0.3) is 0 Å². The molecule has 3 atom stereocenters. The molecule has 0 aromatic rings. The van der Waals surface area contributed by atoms with E-state index in [2.05, 4.69) is 0 Å². The fraction of sp³-hybridized carbons (Fsp3) is 0.857. The Hall–Kier alpha value is -0.570.